The van der Waals surface area contributed by atoms with Crippen LogP contribution < -0.4 is 0 Å². The Hall–Kier alpha value is -0.900. The lowest BCUT2D eigenvalue weighted by molar-refractivity contribution is -0.141. The number of likely N-dealkylation sites (tertiary alicyclic amines) is 1. The summed E-state index contributed by atoms with van der Waals surface area (Å²) < 4.78 is 5.37. The molecule has 1 amide bonds. The number of hydrogen-bond acceptors (Lipinski definition) is 3. The monoisotopic (exact) mass is 295 g/mol. The zero-order valence-electron chi connectivity index (χ0n) is 13.6. The summed E-state index contributed by atoms with van der Waals surface area (Å²) in [5.41, 5.74) is 0. The van der Waals surface area contributed by atoms with Crippen molar-refractivity contribution < 1.29 is 14.3 Å². The van der Waals surface area contributed by atoms with Gasteiger partial charge in [0.25, 0.3) is 0 Å². The number of nitrogens with zero attached hydrogens (tertiary/aromatic N) is 1. The number of amides is 1. The first-order chi connectivity index (χ1) is 10.0. The highest BCUT2D eigenvalue weighted by Crippen LogP contribution is 2.29. The molecule has 4 heteroatoms. The van der Waals surface area contributed by atoms with Crippen LogP contribution in [0.4, 0.5) is 0 Å². The third-order valence-electron chi connectivity index (χ3n) is 5.06. The van der Waals surface area contributed by atoms with Gasteiger partial charge in [0.05, 0.1) is 6.10 Å². The van der Waals surface area contributed by atoms with E-state index in [2.05, 4.69) is 0 Å². The SMILES string of the molecule is COC1CCC(C(=O)N2CCCC(C(=O)C(C)C)C2)CC1. The van der Waals surface area contributed by atoms with Crippen molar-refractivity contribution in [2.45, 2.75) is 58.5 Å². The average molecular weight is 295 g/mol. The van der Waals surface area contributed by atoms with E-state index in [1.165, 1.54) is 0 Å². The highest BCUT2D eigenvalue weighted by molar-refractivity contribution is 5.84. The molecule has 1 unspecified atom stereocenters. The molecule has 21 heavy (non-hydrogen) atoms. The van der Waals surface area contributed by atoms with Gasteiger partial charge in [0.2, 0.25) is 5.91 Å². The second-order valence-corrected chi connectivity index (χ2v) is 6.89. The maximum atomic E-state index is 12.7. The smallest absolute Gasteiger partial charge is 0.225 e. The van der Waals surface area contributed by atoms with Crippen LogP contribution >= 0.6 is 0 Å². The fourth-order valence-corrected chi connectivity index (χ4v) is 3.68. The van der Waals surface area contributed by atoms with Gasteiger partial charge in [-0.2, -0.15) is 0 Å². The van der Waals surface area contributed by atoms with E-state index in [0.717, 1.165) is 45.1 Å². The lowest BCUT2D eigenvalue weighted by Crippen LogP contribution is -2.46. The number of ether oxygens (including phenoxy) is 1. The molecule has 120 valence electrons. The fourth-order valence-electron chi connectivity index (χ4n) is 3.68. The van der Waals surface area contributed by atoms with Crippen LogP contribution in [0, 0.1) is 17.8 Å². The van der Waals surface area contributed by atoms with Gasteiger partial charge in [-0.25, -0.2) is 0 Å². The molecule has 1 heterocycles. The molecule has 1 saturated heterocycles. The van der Waals surface area contributed by atoms with Gasteiger partial charge in [0.15, 0.2) is 0 Å². The molecular weight excluding hydrogens is 266 g/mol. The first-order valence-corrected chi connectivity index (χ1v) is 8.38. The molecule has 1 saturated carbocycles. The maximum Gasteiger partial charge on any atom is 0.225 e. The first-order valence-electron chi connectivity index (χ1n) is 8.38. The molecule has 0 bridgehead atoms. The van der Waals surface area contributed by atoms with Crippen LogP contribution in [0.1, 0.15) is 52.4 Å². The molecule has 0 radical (unpaired) electrons. The average Bonchev–Trinajstić information content (AvgIpc) is 2.53. The van der Waals surface area contributed by atoms with E-state index in [9.17, 15) is 9.59 Å². The second kappa shape index (κ2) is 7.39. The molecule has 0 N–H and O–H groups in total. The van der Waals surface area contributed by atoms with Crippen molar-refractivity contribution in [2.75, 3.05) is 20.2 Å². The summed E-state index contributed by atoms with van der Waals surface area (Å²) in [6, 6.07) is 0. The van der Waals surface area contributed by atoms with Crippen molar-refractivity contribution in [3.8, 4) is 0 Å². The summed E-state index contributed by atoms with van der Waals surface area (Å²) in [4.78, 5) is 26.8. The van der Waals surface area contributed by atoms with E-state index in [1.807, 2.05) is 18.7 Å². The minimum absolute atomic E-state index is 0.0537. The van der Waals surface area contributed by atoms with E-state index < -0.39 is 0 Å². The van der Waals surface area contributed by atoms with Gasteiger partial charge in [-0.05, 0) is 38.5 Å². The quantitative estimate of drug-likeness (QED) is 0.801. The summed E-state index contributed by atoms with van der Waals surface area (Å²) in [7, 11) is 1.75. The first kappa shape index (κ1) is 16.5. The van der Waals surface area contributed by atoms with Crippen LogP contribution in [0.25, 0.3) is 0 Å². The molecule has 2 fully saturated rings. The normalized spacial score (nSPS) is 30.5. The van der Waals surface area contributed by atoms with Gasteiger partial charge in [-0.15, -0.1) is 0 Å². The minimum Gasteiger partial charge on any atom is -0.381 e. The number of Topliss-reactive ketones (excluding diaryl/α,β-unsaturated/α-hetero) is 1. The van der Waals surface area contributed by atoms with Gasteiger partial charge in [0, 0.05) is 38.0 Å². The fraction of sp³-hybridized carbons (Fsp3) is 0.882. The van der Waals surface area contributed by atoms with Gasteiger partial charge in [-0.1, -0.05) is 13.8 Å². The molecule has 1 aliphatic heterocycles. The molecule has 0 aromatic carbocycles. The number of piperidine rings is 1. The van der Waals surface area contributed by atoms with E-state index in [4.69, 9.17) is 4.74 Å². The predicted molar refractivity (Wildman–Crippen MR) is 81.9 cm³/mol. The molecule has 2 aliphatic rings. The molecule has 0 aromatic heterocycles. The summed E-state index contributed by atoms with van der Waals surface area (Å²) in [5.74, 6) is 0.853. The molecule has 0 aromatic rings. The Morgan fingerprint density at radius 3 is 2.29 bits per heavy atom. The van der Waals surface area contributed by atoms with Crippen molar-refractivity contribution in [1.29, 1.82) is 0 Å². The standard InChI is InChI=1S/C17H29NO3/c1-12(2)16(19)14-5-4-10-18(11-14)17(20)13-6-8-15(21-3)9-7-13/h12-15H,4-11H2,1-3H3. The lowest BCUT2D eigenvalue weighted by Gasteiger charge is -2.36. The Morgan fingerprint density at radius 2 is 1.71 bits per heavy atom. The number of rotatable bonds is 4. The number of carbonyl (C=O) groups is 2. The van der Waals surface area contributed by atoms with Gasteiger partial charge >= 0.3 is 0 Å². The highest BCUT2D eigenvalue weighted by atomic mass is 16.5. The number of carbonyl (C=O) groups excluding carboxylic acids is 2. The Balaban J connectivity index is 1.89. The predicted octanol–water partition coefficient (Wildman–Crippen LogP) is 2.66. The number of methoxy groups -OCH3 is 1. The zero-order chi connectivity index (χ0) is 15.4. The summed E-state index contributed by atoms with van der Waals surface area (Å²) in [5, 5.41) is 0. The summed E-state index contributed by atoms with van der Waals surface area (Å²) in [6.45, 7) is 5.37. The van der Waals surface area contributed by atoms with Gasteiger partial charge in [0.1, 0.15) is 5.78 Å². The number of hydrogen-bond donors (Lipinski definition) is 0. The van der Waals surface area contributed by atoms with Gasteiger partial charge < -0.3 is 9.64 Å². The Kier molecular flexibility index (Phi) is 5.80. The Bertz CT molecular complexity index is 372. The van der Waals surface area contributed by atoms with Crippen LogP contribution in [0.15, 0.2) is 0 Å². The third kappa shape index (κ3) is 4.06. The zero-order valence-corrected chi connectivity index (χ0v) is 13.6. The van der Waals surface area contributed by atoms with Crippen LogP contribution in [0.5, 0.6) is 0 Å². The second-order valence-electron chi connectivity index (χ2n) is 6.89. The van der Waals surface area contributed by atoms with E-state index in [0.29, 0.717) is 18.4 Å². The molecule has 1 atom stereocenters. The van der Waals surface area contributed by atoms with Crippen molar-refractivity contribution in [3.63, 3.8) is 0 Å². The van der Waals surface area contributed by atoms with Crippen molar-refractivity contribution in [2.24, 2.45) is 17.8 Å². The number of ketones is 1. The van der Waals surface area contributed by atoms with Crippen molar-refractivity contribution in [3.05, 3.63) is 0 Å². The van der Waals surface area contributed by atoms with E-state index in [1.54, 1.807) is 7.11 Å². The lowest BCUT2D eigenvalue weighted by atomic mass is 9.84. The van der Waals surface area contributed by atoms with Crippen LogP contribution in [-0.2, 0) is 14.3 Å². The topological polar surface area (TPSA) is 46.6 Å². The van der Waals surface area contributed by atoms with Crippen LogP contribution in [0.3, 0.4) is 0 Å². The maximum absolute atomic E-state index is 12.7. The molecule has 4 nitrogen and oxygen atoms in total. The van der Waals surface area contributed by atoms with E-state index in [-0.39, 0.29) is 23.7 Å². The van der Waals surface area contributed by atoms with Crippen molar-refractivity contribution in [1.82, 2.24) is 4.90 Å². The molecule has 0 spiro atoms. The molecule has 1 aliphatic carbocycles. The Morgan fingerprint density at radius 1 is 1.05 bits per heavy atom. The van der Waals surface area contributed by atoms with Crippen molar-refractivity contribution >= 4 is 11.7 Å². The van der Waals surface area contributed by atoms with Crippen LogP contribution in [0.2, 0.25) is 0 Å². The third-order valence-corrected chi connectivity index (χ3v) is 5.06. The largest absolute Gasteiger partial charge is 0.381 e. The highest BCUT2D eigenvalue weighted by Gasteiger charge is 2.34. The van der Waals surface area contributed by atoms with Crippen LogP contribution in [-0.4, -0.2) is 42.9 Å². The minimum atomic E-state index is 0.0537. The molecule has 2 rings (SSSR count). The van der Waals surface area contributed by atoms with Gasteiger partial charge in [-0.3, -0.25) is 9.59 Å². The van der Waals surface area contributed by atoms with E-state index >= 15 is 0 Å². The molecular formula is C17H29NO3. The Labute approximate surface area is 128 Å². The summed E-state index contributed by atoms with van der Waals surface area (Å²) in [6.07, 6.45) is 6.04. The summed E-state index contributed by atoms with van der Waals surface area (Å²) >= 11 is 0.